The summed E-state index contributed by atoms with van der Waals surface area (Å²) >= 11 is 0. The number of hydrogen-bond donors (Lipinski definition) is 0. The van der Waals surface area contributed by atoms with Gasteiger partial charge in [0, 0.05) is 0 Å². The average Bonchev–Trinajstić information content (AvgIpc) is 2.42. The van der Waals surface area contributed by atoms with Crippen molar-refractivity contribution in [3.05, 3.63) is 70.2 Å². The fourth-order valence-corrected chi connectivity index (χ4v) is 1.78. The van der Waals surface area contributed by atoms with Gasteiger partial charge in [0.15, 0.2) is 0 Å². The molecule has 0 aromatic heterocycles. The van der Waals surface area contributed by atoms with Crippen LogP contribution in [0.25, 0.3) is 5.57 Å². The van der Waals surface area contributed by atoms with Crippen LogP contribution in [0, 0.1) is 23.2 Å². The maximum absolute atomic E-state index is 10.4. The summed E-state index contributed by atoms with van der Waals surface area (Å²) in [7, 11) is 0. The molecule has 0 radical (unpaired) electrons. The average molecular weight is 236 g/mol. The van der Waals surface area contributed by atoms with Crippen molar-refractivity contribution in [2.24, 2.45) is 5.18 Å². The molecular formula is C15H12N2O. The van der Waals surface area contributed by atoms with Crippen LogP contribution in [-0.2, 0) is 0 Å². The van der Waals surface area contributed by atoms with E-state index in [0.29, 0.717) is 5.57 Å². The van der Waals surface area contributed by atoms with Gasteiger partial charge >= 0.3 is 0 Å². The monoisotopic (exact) mass is 236 g/mol. The van der Waals surface area contributed by atoms with Crippen LogP contribution >= 0.6 is 0 Å². The minimum Gasteiger partial charge on any atom is -0.192 e. The lowest BCUT2D eigenvalue weighted by Gasteiger charge is -2.08. The molecule has 1 aliphatic carbocycles. The molecule has 0 amide bonds. The maximum atomic E-state index is 10.4. The van der Waals surface area contributed by atoms with Gasteiger partial charge in [-0.1, -0.05) is 59.3 Å². The molecule has 3 heteroatoms. The summed E-state index contributed by atoms with van der Waals surface area (Å²) in [4.78, 5) is 10.4. The lowest BCUT2D eigenvalue weighted by atomic mass is 9.96. The molecule has 0 spiro atoms. The van der Waals surface area contributed by atoms with E-state index in [2.05, 4.69) is 11.2 Å². The van der Waals surface area contributed by atoms with E-state index >= 15 is 0 Å². The van der Waals surface area contributed by atoms with E-state index in [4.69, 9.17) is 0 Å². The van der Waals surface area contributed by atoms with E-state index in [1.54, 1.807) is 24.3 Å². The largest absolute Gasteiger partial charge is 0.192 e. The van der Waals surface area contributed by atoms with Crippen molar-refractivity contribution >= 4 is 5.57 Å². The van der Waals surface area contributed by atoms with Gasteiger partial charge in [-0.05, 0) is 18.1 Å². The van der Waals surface area contributed by atoms with Crippen molar-refractivity contribution in [1.82, 2.24) is 0 Å². The summed E-state index contributed by atoms with van der Waals surface area (Å²) in [5.74, 6) is 0. The quantitative estimate of drug-likeness (QED) is 0.582. The van der Waals surface area contributed by atoms with Crippen molar-refractivity contribution in [2.45, 2.75) is 13.0 Å². The van der Waals surface area contributed by atoms with Crippen LogP contribution in [0.2, 0.25) is 0 Å². The van der Waals surface area contributed by atoms with Crippen molar-refractivity contribution in [2.75, 3.05) is 0 Å². The molecule has 88 valence electrons. The summed E-state index contributed by atoms with van der Waals surface area (Å²) in [5.41, 5.74) is 3.44. The molecule has 1 aromatic rings. The smallest absolute Gasteiger partial charge is 0.129 e. The van der Waals surface area contributed by atoms with Crippen molar-refractivity contribution in [3.63, 3.8) is 0 Å². The Morgan fingerprint density at radius 3 is 2.33 bits per heavy atom. The van der Waals surface area contributed by atoms with Gasteiger partial charge in [-0.2, -0.15) is 5.26 Å². The predicted octanol–water partition coefficient (Wildman–Crippen LogP) is 3.53. The Bertz CT molecular complexity index is 570. The topological polar surface area (TPSA) is 53.2 Å². The number of nitroso groups, excluding NO2 is 1. The highest BCUT2D eigenvalue weighted by atomic mass is 16.3. The van der Waals surface area contributed by atoms with Gasteiger partial charge in [0.2, 0.25) is 0 Å². The van der Waals surface area contributed by atoms with Gasteiger partial charge in [-0.3, -0.25) is 0 Å². The van der Waals surface area contributed by atoms with Gasteiger partial charge < -0.3 is 0 Å². The molecule has 0 fully saturated rings. The van der Waals surface area contributed by atoms with Crippen LogP contribution in [0.3, 0.4) is 0 Å². The molecule has 18 heavy (non-hydrogen) atoms. The van der Waals surface area contributed by atoms with Crippen LogP contribution in [0.5, 0.6) is 0 Å². The summed E-state index contributed by atoms with van der Waals surface area (Å²) in [6.45, 7) is 2.00. The van der Waals surface area contributed by atoms with Gasteiger partial charge in [-0.15, -0.1) is 4.91 Å². The van der Waals surface area contributed by atoms with E-state index in [0.717, 1.165) is 16.7 Å². The fraction of sp³-hybridized carbons (Fsp3) is 0.133. The normalized spacial score (nSPS) is 17.3. The number of nitrogens with zero attached hydrogens (tertiary/aromatic N) is 2. The number of allylic oxidation sites excluding steroid dienone is 4. The molecular weight excluding hydrogens is 224 g/mol. The Balaban J connectivity index is 2.41. The summed E-state index contributed by atoms with van der Waals surface area (Å²) in [5, 5.41) is 12.2. The Hall–Kier alpha value is -2.47. The highest BCUT2D eigenvalue weighted by Crippen LogP contribution is 2.23. The van der Waals surface area contributed by atoms with Crippen molar-refractivity contribution in [1.29, 1.82) is 5.26 Å². The third kappa shape index (κ3) is 2.44. The molecule has 0 unspecified atom stereocenters. The Labute approximate surface area is 106 Å². The summed E-state index contributed by atoms with van der Waals surface area (Å²) < 4.78 is 0. The Kier molecular flexibility index (Phi) is 3.49. The van der Waals surface area contributed by atoms with E-state index in [9.17, 15) is 10.2 Å². The molecule has 0 saturated heterocycles. The van der Waals surface area contributed by atoms with Gasteiger partial charge in [0.1, 0.15) is 12.1 Å². The zero-order valence-electron chi connectivity index (χ0n) is 10.00. The van der Waals surface area contributed by atoms with Gasteiger partial charge in [0.25, 0.3) is 0 Å². The van der Waals surface area contributed by atoms with Gasteiger partial charge in [0.05, 0.1) is 5.57 Å². The van der Waals surface area contributed by atoms with Gasteiger partial charge in [-0.25, -0.2) is 0 Å². The molecule has 0 atom stereocenters. The number of aryl methyl sites for hydroxylation is 1. The third-order valence-electron chi connectivity index (χ3n) is 2.81. The second-order valence-corrected chi connectivity index (χ2v) is 4.12. The first-order valence-electron chi connectivity index (χ1n) is 5.65. The zero-order chi connectivity index (χ0) is 13.0. The number of rotatable bonds is 2. The molecule has 0 bridgehead atoms. The van der Waals surface area contributed by atoms with E-state index in [1.165, 1.54) is 0 Å². The molecule has 1 aliphatic rings. The predicted molar refractivity (Wildman–Crippen MR) is 71.6 cm³/mol. The highest BCUT2D eigenvalue weighted by Gasteiger charge is 2.09. The SMILES string of the molecule is Cc1ccc(C(C#N)=C2C=CC(N=O)C=C2)cc1. The molecule has 0 heterocycles. The first-order valence-corrected chi connectivity index (χ1v) is 5.65. The molecule has 0 aliphatic heterocycles. The molecule has 3 nitrogen and oxygen atoms in total. The van der Waals surface area contributed by atoms with E-state index < -0.39 is 6.04 Å². The zero-order valence-corrected chi connectivity index (χ0v) is 10.00. The molecule has 1 aromatic carbocycles. The highest BCUT2D eigenvalue weighted by molar-refractivity contribution is 5.83. The van der Waals surface area contributed by atoms with Crippen LogP contribution in [-0.4, -0.2) is 6.04 Å². The minimum absolute atomic E-state index is 0.424. The molecule has 0 saturated carbocycles. The van der Waals surface area contributed by atoms with E-state index in [-0.39, 0.29) is 0 Å². The Morgan fingerprint density at radius 2 is 1.83 bits per heavy atom. The minimum atomic E-state index is -0.424. The maximum Gasteiger partial charge on any atom is 0.129 e. The second kappa shape index (κ2) is 5.24. The van der Waals surface area contributed by atoms with E-state index in [1.807, 2.05) is 31.2 Å². The standard InChI is InChI=1S/C15H12N2O/c1-11-2-4-12(5-3-11)15(10-16)13-6-8-14(17-18)9-7-13/h2-9,14H,1H3. The Morgan fingerprint density at radius 1 is 1.22 bits per heavy atom. The van der Waals surface area contributed by atoms with Crippen LogP contribution in [0.4, 0.5) is 0 Å². The molecule has 0 N–H and O–H groups in total. The molecule has 2 rings (SSSR count). The summed E-state index contributed by atoms with van der Waals surface area (Å²) in [6, 6.07) is 9.57. The third-order valence-corrected chi connectivity index (χ3v) is 2.81. The van der Waals surface area contributed by atoms with Crippen molar-refractivity contribution in [3.8, 4) is 6.07 Å². The van der Waals surface area contributed by atoms with Crippen LogP contribution < -0.4 is 0 Å². The number of nitriles is 1. The lowest BCUT2D eigenvalue weighted by molar-refractivity contribution is 1.00. The van der Waals surface area contributed by atoms with Crippen molar-refractivity contribution < 1.29 is 0 Å². The number of benzene rings is 1. The number of hydrogen-bond acceptors (Lipinski definition) is 3. The first kappa shape index (κ1) is 12.0. The van der Waals surface area contributed by atoms with Crippen LogP contribution in [0.1, 0.15) is 11.1 Å². The summed E-state index contributed by atoms with van der Waals surface area (Å²) in [6.07, 6.45) is 6.91. The first-order chi connectivity index (χ1) is 8.74. The fourth-order valence-electron chi connectivity index (χ4n) is 1.78. The second-order valence-electron chi connectivity index (χ2n) is 4.12. The lowest BCUT2D eigenvalue weighted by Crippen LogP contribution is -1.99. The van der Waals surface area contributed by atoms with Crippen LogP contribution in [0.15, 0.2) is 59.3 Å².